The molecule has 1 fully saturated rings. The number of nitrogens with one attached hydrogen (secondary N) is 1. The lowest BCUT2D eigenvalue weighted by Crippen LogP contribution is -2.44. The zero-order valence-corrected chi connectivity index (χ0v) is 17.9. The van der Waals surface area contributed by atoms with Crippen LogP contribution in [0.4, 0.5) is 11.5 Å². The van der Waals surface area contributed by atoms with Gasteiger partial charge in [-0.1, -0.05) is 12.1 Å². The van der Waals surface area contributed by atoms with E-state index in [4.69, 9.17) is 0 Å². The van der Waals surface area contributed by atoms with Crippen molar-refractivity contribution in [2.75, 3.05) is 43.4 Å². The van der Waals surface area contributed by atoms with E-state index in [2.05, 4.69) is 47.4 Å². The molecule has 10 heteroatoms. The van der Waals surface area contributed by atoms with Crippen LogP contribution in [0.3, 0.4) is 0 Å². The summed E-state index contributed by atoms with van der Waals surface area (Å²) in [6.45, 7) is 5.56. The normalized spacial score (nSPS) is 14.6. The number of hydrogen-bond acceptors (Lipinski definition) is 8. The summed E-state index contributed by atoms with van der Waals surface area (Å²) in [6.07, 6.45) is 1.44. The van der Waals surface area contributed by atoms with E-state index in [1.807, 2.05) is 43.3 Å². The van der Waals surface area contributed by atoms with Crippen molar-refractivity contribution < 1.29 is 4.79 Å². The molecule has 32 heavy (non-hydrogen) atoms. The fraction of sp³-hybridized carbons (Fsp3) is 0.273. The van der Waals surface area contributed by atoms with Crippen LogP contribution < -0.4 is 10.2 Å². The molecule has 0 aliphatic carbocycles. The minimum absolute atomic E-state index is 0.268. The number of piperazine rings is 1. The molecule has 1 aromatic carbocycles. The summed E-state index contributed by atoms with van der Waals surface area (Å²) in [5.41, 5.74) is 3.45. The molecule has 0 atom stereocenters. The molecule has 5 rings (SSSR count). The van der Waals surface area contributed by atoms with Gasteiger partial charge in [0.15, 0.2) is 11.5 Å². The maximum Gasteiger partial charge on any atom is 0.274 e. The lowest BCUT2D eigenvalue weighted by Gasteiger charge is -2.33. The van der Waals surface area contributed by atoms with Crippen LogP contribution in [0.15, 0.2) is 48.8 Å². The molecule has 3 aromatic heterocycles. The number of hydrogen-bond donors (Lipinski definition) is 1. The van der Waals surface area contributed by atoms with Gasteiger partial charge in [-0.05, 0) is 38.2 Å². The van der Waals surface area contributed by atoms with Crippen LogP contribution in [0.5, 0.6) is 0 Å². The number of carbonyl (C=O) groups excluding carboxylic acids is 1. The maximum absolute atomic E-state index is 12.8. The zero-order valence-electron chi connectivity index (χ0n) is 17.9. The highest BCUT2D eigenvalue weighted by atomic mass is 16.1. The van der Waals surface area contributed by atoms with Crippen LogP contribution in [0.1, 0.15) is 16.3 Å². The van der Waals surface area contributed by atoms with Crippen molar-refractivity contribution in [1.29, 1.82) is 0 Å². The van der Waals surface area contributed by atoms with E-state index in [0.717, 1.165) is 49.1 Å². The highest BCUT2D eigenvalue weighted by Gasteiger charge is 2.17. The van der Waals surface area contributed by atoms with Crippen molar-refractivity contribution >= 4 is 23.1 Å². The Morgan fingerprint density at radius 3 is 2.53 bits per heavy atom. The van der Waals surface area contributed by atoms with Gasteiger partial charge >= 0.3 is 0 Å². The fourth-order valence-electron chi connectivity index (χ4n) is 3.65. The van der Waals surface area contributed by atoms with E-state index in [-0.39, 0.29) is 5.91 Å². The number of aryl methyl sites for hydroxylation is 1. The van der Waals surface area contributed by atoms with Gasteiger partial charge in [0.25, 0.3) is 5.91 Å². The minimum atomic E-state index is -0.268. The van der Waals surface area contributed by atoms with Crippen LogP contribution in [0.25, 0.3) is 16.9 Å². The predicted molar refractivity (Wildman–Crippen MR) is 121 cm³/mol. The van der Waals surface area contributed by atoms with Crippen molar-refractivity contribution in [3.63, 3.8) is 0 Å². The van der Waals surface area contributed by atoms with Gasteiger partial charge in [-0.15, -0.1) is 10.2 Å². The third kappa shape index (κ3) is 4.00. The Bertz CT molecular complexity index is 1260. The summed E-state index contributed by atoms with van der Waals surface area (Å²) in [5, 5.41) is 15.6. The van der Waals surface area contributed by atoms with E-state index in [1.165, 1.54) is 6.33 Å². The molecule has 1 amide bonds. The van der Waals surface area contributed by atoms with Gasteiger partial charge in [-0.2, -0.15) is 9.61 Å². The first-order valence-electron chi connectivity index (χ1n) is 10.4. The second-order valence-corrected chi connectivity index (χ2v) is 7.82. The number of nitrogens with zero attached hydrogens (tertiary/aromatic N) is 8. The van der Waals surface area contributed by atoms with E-state index in [1.54, 1.807) is 10.6 Å². The Balaban J connectivity index is 1.29. The Labute approximate surface area is 184 Å². The lowest BCUT2D eigenvalue weighted by atomic mass is 10.1. The van der Waals surface area contributed by atoms with E-state index >= 15 is 0 Å². The third-order valence-corrected chi connectivity index (χ3v) is 5.57. The highest BCUT2D eigenvalue weighted by Crippen LogP contribution is 2.21. The predicted octanol–water partition coefficient (Wildman–Crippen LogP) is 1.89. The summed E-state index contributed by atoms with van der Waals surface area (Å²) in [4.78, 5) is 25.7. The minimum Gasteiger partial charge on any atom is -0.354 e. The molecule has 10 nitrogen and oxygen atoms in total. The number of fused-ring (bicyclic) bond motifs is 1. The summed E-state index contributed by atoms with van der Waals surface area (Å²) in [7, 11) is 2.10. The average molecular weight is 429 g/mol. The van der Waals surface area contributed by atoms with Crippen molar-refractivity contribution in [2.45, 2.75) is 6.92 Å². The molecular weight excluding hydrogens is 406 g/mol. The Kier molecular flexibility index (Phi) is 5.20. The molecule has 1 N–H and O–H groups in total. The summed E-state index contributed by atoms with van der Waals surface area (Å²) >= 11 is 0. The smallest absolute Gasteiger partial charge is 0.274 e. The van der Waals surface area contributed by atoms with Crippen molar-refractivity contribution in [2.24, 2.45) is 0 Å². The fourth-order valence-corrected chi connectivity index (χ4v) is 3.65. The van der Waals surface area contributed by atoms with Gasteiger partial charge in [0.05, 0.1) is 5.69 Å². The summed E-state index contributed by atoms with van der Waals surface area (Å²) in [5.74, 6) is 1.24. The number of likely N-dealkylation sites (N-methyl/N-ethyl adjacent to an activating group) is 1. The molecule has 0 saturated carbocycles. The second-order valence-electron chi connectivity index (χ2n) is 7.82. The number of anilines is 2. The number of amides is 1. The van der Waals surface area contributed by atoms with E-state index < -0.39 is 0 Å². The molecule has 0 radical (unpaired) electrons. The highest BCUT2D eigenvalue weighted by molar-refractivity contribution is 6.03. The van der Waals surface area contributed by atoms with Gasteiger partial charge in [-0.25, -0.2) is 9.97 Å². The molecule has 0 spiro atoms. The Morgan fingerprint density at radius 2 is 1.75 bits per heavy atom. The van der Waals surface area contributed by atoms with Crippen molar-refractivity contribution in [3.8, 4) is 11.3 Å². The largest absolute Gasteiger partial charge is 0.354 e. The summed E-state index contributed by atoms with van der Waals surface area (Å²) < 4.78 is 1.71. The molecule has 1 saturated heterocycles. The molecule has 0 bridgehead atoms. The third-order valence-electron chi connectivity index (χ3n) is 5.57. The second kappa shape index (κ2) is 8.31. The molecular formula is C22H23N9O. The number of rotatable bonds is 4. The van der Waals surface area contributed by atoms with Gasteiger partial charge in [-0.3, -0.25) is 4.79 Å². The van der Waals surface area contributed by atoms with Crippen molar-refractivity contribution in [3.05, 3.63) is 60.3 Å². The van der Waals surface area contributed by atoms with Gasteiger partial charge in [0.2, 0.25) is 0 Å². The Morgan fingerprint density at radius 1 is 0.969 bits per heavy atom. The van der Waals surface area contributed by atoms with Crippen LogP contribution in [-0.4, -0.2) is 73.8 Å². The first kappa shape index (κ1) is 20.0. The van der Waals surface area contributed by atoms with Crippen LogP contribution in [0, 0.1) is 6.92 Å². The standard InChI is InChI=1S/C22H23N9O/c1-15-26-27-20-8-7-18(28-31(15)20)16-3-5-17(6-4-16)25-22(32)19-13-21(24-14-23-19)30-11-9-29(2)10-12-30/h3-8,13-14H,9-12H2,1-2H3,(H,25,32). The quantitative estimate of drug-likeness (QED) is 0.525. The molecule has 162 valence electrons. The first-order chi connectivity index (χ1) is 15.6. The first-order valence-corrected chi connectivity index (χ1v) is 10.4. The van der Waals surface area contributed by atoms with Gasteiger partial charge < -0.3 is 15.1 Å². The molecule has 4 heterocycles. The van der Waals surface area contributed by atoms with Crippen LogP contribution >= 0.6 is 0 Å². The molecule has 1 aliphatic rings. The number of aromatic nitrogens is 6. The summed E-state index contributed by atoms with van der Waals surface area (Å²) in [6, 6.07) is 13.1. The Hall–Kier alpha value is -3.92. The average Bonchev–Trinajstić information content (AvgIpc) is 3.20. The topological polar surface area (TPSA) is 104 Å². The SMILES string of the molecule is Cc1nnc2ccc(-c3ccc(NC(=O)c4cc(N5CCN(C)CC5)ncn4)cc3)nn12. The van der Waals surface area contributed by atoms with E-state index in [0.29, 0.717) is 17.0 Å². The molecule has 4 aromatic rings. The van der Waals surface area contributed by atoms with Gasteiger partial charge in [0, 0.05) is 43.5 Å². The van der Waals surface area contributed by atoms with Gasteiger partial charge in [0.1, 0.15) is 17.8 Å². The molecule has 1 aliphatic heterocycles. The lowest BCUT2D eigenvalue weighted by molar-refractivity contribution is 0.102. The number of carbonyl (C=O) groups is 1. The zero-order chi connectivity index (χ0) is 22.1. The number of benzene rings is 1. The van der Waals surface area contributed by atoms with Crippen molar-refractivity contribution in [1.82, 2.24) is 34.7 Å². The van der Waals surface area contributed by atoms with Crippen LogP contribution in [0.2, 0.25) is 0 Å². The van der Waals surface area contributed by atoms with Crippen LogP contribution in [-0.2, 0) is 0 Å². The molecule has 0 unspecified atom stereocenters. The van der Waals surface area contributed by atoms with E-state index in [9.17, 15) is 4.79 Å². The monoisotopic (exact) mass is 429 g/mol. The maximum atomic E-state index is 12.8.